The van der Waals surface area contributed by atoms with Crippen LogP contribution < -0.4 is 11.1 Å². The molecule has 3 N–H and O–H groups in total. The summed E-state index contributed by atoms with van der Waals surface area (Å²) in [6, 6.07) is 0.180. The van der Waals surface area contributed by atoms with E-state index in [2.05, 4.69) is 10.2 Å². The molecule has 1 fully saturated rings. The van der Waals surface area contributed by atoms with Crippen LogP contribution in [0.2, 0.25) is 0 Å². The lowest BCUT2D eigenvalue weighted by Gasteiger charge is -2.26. The second kappa shape index (κ2) is 10.1. The van der Waals surface area contributed by atoms with E-state index < -0.39 is 0 Å². The van der Waals surface area contributed by atoms with Crippen molar-refractivity contribution in [3.8, 4) is 0 Å². The number of hydrogen-bond donors (Lipinski definition) is 2. The van der Waals surface area contributed by atoms with Gasteiger partial charge in [-0.3, -0.25) is 9.69 Å². The average molecular weight is 287 g/mol. The Balaban J connectivity index is 2.38. The maximum absolute atomic E-state index is 11.5. The molecule has 0 heterocycles. The molecule has 1 aliphatic carbocycles. The molecule has 118 valence electrons. The molecule has 0 aromatic carbocycles. The van der Waals surface area contributed by atoms with Crippen LogP contribution >= 0.6 is 0 Å². The molecule has 0 bridgehead atoms. The van der Waals surface area contributed by atoms with Gasteiger partial charge in [0.05, 0.1) is 19.3 Å². The molecule has 20 heavy (non-hydrogen) atoms. The standard InChI is InChI=1S/C14H29N3O3/c1-3-19-9-7-17(8-10-20-4-2)11-13(14(15)18)16-12-5-6-12/h12-13,16H,3-11H2,1-2H3,(H2,15,18). The van der Waals surface area contributed by atoms with Crippen molar-refractivity contribution in [3.05, 3.63) is 0 Å². The second-order valence-corrected chi connectivity index (χ2v) is 5.09. The molecule has 0 radical (unpaired) electrons. The SMILES string of the molecule is CCOCCN(CCOCC)CC(NC1CC1)C(N)=O. The molecule has 0 spiro atoms. The lowest BCUT2D eigenvalue weighted by Crippen LogP contribution is -2.51. The largest absolute Gasteiger partial charge is 0.380 e. The monoisotopic (exact) mass is 287 g/mol. The van der Waals surface area contributed by atoms with Crippen molar-refractivity contribution in [3.63, 3.8) is 0 Å². The van der Waals surface area contributed by atoms with E-state index in [9.17, 15) is 4.79 Å². The van der Waals surface area contributed by atoms with E-state index in [-0.39, 0.29) is 11.9 Å². The summed E-state index contributed by atoms with van der Waals surface area (Å²) in [5.41, 5.74) is 5.48. The van der Waals surface area contributed by atoms with Crippen LogP contribution in [0.5, 0.6) is 0 Å². The molecular weight excluding hydrogens is 258 g/mol. The first kappa shape index (κ1) is 17.4. The number of carbonyl (C=O) groups is 1. The van der Waals surface area contributed by atoms with Gasteiger partial charge >= 0.3 is 0 Å². The second-order valence-electron chi connectivity index (χ2n) is 5.09. The minimum absolute atomic E-state index is 0.283. The zero-order valence-corrected chi connectivity index (χ0v) is 12.8. The van der Waals surface area contributed by atoms with E-state index in [0.29, 0.717) is 39.0 Å². The third kappa shape index (κ3) is 7.79. The third-order valence-corrected chi connectivity index (χ3v) is 3.31. The quantitative estimate of drug-likeness (QED) is 0.465. The van der Waals surface area contributed by atoms with Crippen molar-refractivity contribution in [2.45, 2.75) is 38.8 Å². The highest BCUT2D eigenvalue weighted by Gasteiger charge is 2.28. The maximum Gasteiger partial charge on any atom is 0.235 e. The predicted molar refractivity (Wildman–Crippen MR) is 78.6 cm³/mol. The van der Waals surface area contributed by atoms with E-state index in [4.69, 9.17) is 15.2 Å². The summed E-state index contributed by atoms with van der Waals surface area (Å²) < 4.78 is 10.8. The van der Waals surface area contributed by atoms with Gasteiger partial charge in [0.25, 0.3) is 0 Å². The molecule has 0 aromatic heterocycles. The van der Waals surface area contributed by atoms with E-state index in [1.54, 1.807) is 0 Å². The van der Waals surface area contributed by atoms with Crippen molar-refractivity contribution in [2.24, 2.45) is 5.73 Å². The highest BCUT2D eigenvalue weighted by molar-refractivity contribution is 5.80. The summed E-state index contributed by atoms with van der Waals surface area (Å²) in [6.45, 7) is 8.89. The Hall–Kier alpha value is -0.690. The summed E-state index contributed by atoms with van der Waals surface area (Å²) in [5, 5.41) is 3.30. The molecule has 1 rings (SSSR count). The molecule has 1 amide bonds. The highest BCUT2D eigenvalue weighted by Crippen LogP contribution is 2.19. The lowest BCUT2D eigenvalue weighted by molar-refractivity contribution is -0.120. The van der Waals surface area contributed by atoms with Crippen LogP contribution in [0, 0.1) is 0 Å². The molecule has 0 saturated heterocycles. The molecule has 0 aromatic rings. The molecule has 1 saturated carbocycles. The van der Waals surface area contributed by atoms with E-state index >= 15 is 0 Å². The third-order valence-electron chi connectivity index (χ3n) is 3.31. The Morgan fingerprint density at radius 1 is 1.25 bits per heavy atom. The van der Waals surface area contributed by atoms with Gasteiger partial charge in [-0.2, -0.15) is 0 Å². The fraction of sp³-hybridized carbons (Fsp3) is 0.929. The number of carbonyl (C=O) groups excluding carboxylic acids is 1. The maximum atomic E-state index is 11.5. The summed E-state index contributed by atoms with van der Waals surface area (Å²) in [5.74, 6) is -0.283. The van der Waals surface area contributed by atoms with Crippen LogP contribution in [0.4, 0.5) is 0 Å². The van der Waals surface area contributed by atoms with Gasteiger partial charge in [0, 0.05) is 38.9 Å². The Morgan fingerprint density at radius 2 is 1.80 bits per heavy atom. The number of primary amides is 1. The minimum atomic E-state index is -0.286. The van der Waals surface area contributed by atoms with Crippen molar-refractivity contribution >= 4 is 5.91 Å². The molecular formula is C14H29N3O3. The summed E-state index contributed by atoms with van der Waals surface area (Å²) in [7, 11) is 0. The smallest absolute Gasteiger partial charge is 0.235 e. The number of nitrogens with zero attached hydrogens (tertiary/aromatic N) is 1. The first-order valence-electron chi connectivity index (χ1n) is 7.60. The Morgan fingerprint density at radius 3 is 2.20 bits per heavy atom. The predicted octanol–water partition coefficient (Wildman–Crippen LogP) is -0.0327. The van der Waals surface area contributed by atoms with Gasteiger partial charge in [-0.05, 0) is 26.7 Å². The number of nitrogens with two attached hydrogens (primary N) is 1. The number of nitrogens with one attached hydrogen (secondary N) is 1. The van der Waals surface area contributed by atoms with Gasteiger partial charge in [0.15, 0.2) is 0 Å². The Bertz CT molecular complexity index is 262. The molecule has 1 aliphatic rings. The molecule has 6 heteroatoms. The van der Waals surface area contributed by atoms with Crippen LogP contribution in [0.15, 0.2) is 0 Å². The molecule has 6 nitrogen and oxygen atoms in total. The zero-order chi connectivity index (χ0) is 14.8. The van der Waals surface area contributed by atoms with Crippen LogP contribution in [0.3, 0.4) is 0 Å². The van der Waals surface area contributed by atoms with Crippen LogP contribution in [-0.2, 0) is 14.3 Å². The fourth-order valence-electron chi connectivity index (χ4n) is 1.99. The van der Waals surface area contributed by atoms with Crippen LogP contribution in [-0.4, -0.2) is 69.0 Å². The Kier molecular flexibility index (Phi) is 8.77. The van der Waals surface area contributed by atoms with Crippen molar-refractivity contribution < 1.29 is 14.3 Å². The van der Waals surface area contributed by atoms with Crippen LogP contribution in [0.1, 0.15) is 26.7 Å². The van der Waals surface area contributed by atoms with Gasteiger partial charge in [-0.25, -0.2) is 0 Å². The lowest BCUT2D eigenvalue weighted by atomic mass is 10.2. The van der Waals surface area contributed by atoms with E-state index in [1.807, 2.05) is 13.8 Å². The van der Waals surface area contributed by atoms with Crippen molar-refractivity contribution in [2.75, 3.05) is 46.1 Å². The number of hydrogen-bond acceptors (Lipinski definition) is 5. The summed E-state index contributed by atoms with van der Waals surface area (Å²) >= 11 is 0. The first-order chi connectivity index (χ1) is 9.67. The minimum Gasteiger partial charge on any atom is -0.380 e. The van der Waals surface area contributed by atoms with Gasteiger partial charge in [0.1, 0.15) is 0 Å². The molecule has 1 unspecified atom stereocenters. The van der Waals surface area contributed by atoms with E-state index in [0.717, 1.165) is 25.9 Å². The zero-order valence-electron chi connectivity index (χ0n) is 12.8. The van der Waals surface area contributed by atoms with Gasteiger partial charge < -0.3 is 20.5 Å². The topological polar surface area (TPSA) is 76.8 Å². The fourth-order valence-corrected chi connectivity index (χ4v) is 1.99. The summed E-state index contributed by atoms with van der Waals surface area (Å²) in [4.78, 5) is 13.7. The van der Waals surface area contributed by atoms with Gasteiger partial charge in [-0.15, -0.1) is 0 Å². The number of ether oxygens (including phenoxy) is 2. The molecule has 0 aliphatic heterocycles. The number of amides is 1. The van der Waals surface area contributed by atoms with Gasteiger partial charge in [0.2, 0.25) is 5.91 Å². The first-order valence-corrected chi connectivity index (χ1v) is 7.60. The number of rotatable bonds is 13. The van der Waals surface area contributed by atoms with Crippen molar-refractivity contribution in [1.82, 2.24) is 10.2 Å². The Labute approximate surface area is 122 Å². The normalized spacial score (nSPS) is 16.6. The van der Waals surface area contributed by atoms with E-state index in [1.165, 1.54) is 0 Å². The van der Waals surface area contributed by atoms with Crippen molar-refractivity contribution in [1.29, 1.82) is 0 Å². The van der Waals surface area contributed by atoms with Gasteiger partial charge in [-0.1, -0.05) is 0 Å². The molecule has 1 atom stereocenters. The average Bonchev–Trinajstić information content (AvgIpc) is 3.22. The van der Waals surface area contributed by atoms with Crippen LogP contribution in [0.25, 0.3) is 0 Å². The summed E-state index contributed by atoms with van der Waals surface area (Å²) in [6.07, 6.45) is 2.28. The highest BCUT2D eigenvalue weighted by atomic mass is 16.5.